The predicted molar refractivity (Wildman–Crippen MR) is 64.5 cm³/mol. The fraction of sp³-hybridized carbons (Fsp3) is 1.00. The van der Waals surface area contributed by atoms with Gasteiger partial charge in [-0.15, -0.1) is 0 Å². The molecule has 1 aliphatic heterocycles. The number of nitrogens with zero attached hydrogens (tertiary/aromatic N) is 1. The van der Waals surface area contributed by atoms with Crippen LogP contribution in [0.4, 0.5) is 0 Å². The van der Waals surface area contributed by atoms with Gasteiger partial charge < -0.3 is 9.84 Å². The number of aliphatic hydroxyl groups excluding tert-OH is 1. The van der Waals surface area contributed by atoms with Crippen LogP contribution in [0.5, 0.6) is 0 Å². The number of rotatable bonds is 3. The molecule has 0 amide bonds. The lowest BCUT2D eigenvalue weighted by Crippen LogP contribution is -2.51. The SMILES string of the molecule is CCOC1CCCN([C@H]2CCCC[C@@H]2O)C1. The largest absolute Gasteiger partial charge is 0.391 e. The van der Waals surface area contributed by atoms with Gasteiger partial charge in [0.15, 0.2) is 0 Å². The number of piperidine rings is 1. The molecule has 1 unspecified atom stereocenters. The summed E-state index contributed by atoms with van der Waals surface area (Å²) < 4.78 is 5.72. The van der Waals surface area contributed by atoms with Crippen molar-refractivity contribution in [2.75, 3.05) is 19.7 Å². The van der Waals surface area contributed by atoms with Crippen molar-refractivity contribution in [3.8, 4) is 0 Å². The zero-order valence-corrected chi connectivity index (χ0v) is 10.4. The number of hydrogen-bond donors (Lipinski definition) is 1. The van der Waals surface area contributed by atoms with Crippen molar-refractivity contribution < 1.29 is 9.84 Å². The van der Waals surface area contributed by atoms with E-state index in [-0.39, 0.29) is 6.10 Å². The average molecular weight is 227 g/mol. The summed E-state index contributed by atoms with van der Waals surface area (Å²) in [5.41, 5.74) is 0. The summed E-state index contributed by atoms with van der Waals surface area (Å²) in [5, 5.41) is 10.1. The normalized spacial score (nSPS) is 37.5. The fourth-order valence-electron chi connectivity index (χ4n) is 3.16. The van der Waals surface area contributed by atoms with E-state index in [9.17, 15) is 5.11 Å². The van der Waals surface area contributed by atoms with Crippen LogP contribution < -0.4 is 0 Å². The summed E-state index contributed by atoms with van der Waals surface area (Å²) in [6.07, 6.45) is 7.32. The smallest absolute Gasteiger partial charge is 0.0702 e. The molecule has 1 saturated carbocycles. The minimum absolute atomic E-state index is 0.103. The van der Waals surface area contributed by atoms with E-state index in [2.05, 4.69) is 11.8 Å². The Kier molecular flexibility index (Phi) is 4.62. The third-order valence-electron chi connectivity index (χ3n) is 3.97. The van der Waals surface area contributed by atoms with Gasteiger partial charge in [-0.1, -0.05) is 12.8 Å². The topological polar surface area (TPSA) is 32.7 Å². The van der Waals surface area contributed by atoms with Crippen molar-refractivity contribution in [2.45, 2.75) is 63.7 Å². The molecule has 0 aromatic carbocycles. The fourth-order valence-corrected chi connectivity index (χ4v) is 3.16. The summed E-state index contributed by atoms with van der Waals surface area (Å²) >= 11 is 0. The van der Waals surface area contributed by atoms with Gasteiger partial charge in [-0.3, -0.25) is 4.90 Å². The van der Waals surface area contributed by atoms with E-state index in [4.69, 9.17) is 4.74 Å². The van der Waals surface area contributed by atoms with Gasteiger partial charge >= 0.3 is 0 Å². The molecule has 0 spiro atoms. The summed E-state index contributed by atoms with van der Waals surface area (Å²) in [6.45, 7) is 5.04. The van der Waals surface area contributed by atoms with Crippen molar-refractivity contribution in [3.63, 3.8) is 0 Å². The Morgan fingerprint density at radius 1 is 1.19 bits per heavy atom. The van der Waals surface area contributed by atoms with E-state index in [1.165, 1.54) is 32.1 Å². The van der Waals surface area contributed by atoms with Crippen molar-refractivity contribution in [2.24, 2.45) is 0 Å². The standard InChI is InChI=1S/C13H25NO2/c1-2-16-11-6-5-9-14(10-11)12-7-3-4-8-13(12)15/h11-13,15H,2-10H2,1H3/t11?,12-,13-/m0/s1. The molecule has 3 nitrogen and oxygen atoms in total. The van der Waals surface area contributed by atoms with Gasteiger partial charge in [0.1, 0.15) is 0 Å². The zero-order chi connectivity index (χ0) is 11.4. The molecular formula is C13H25NO2. The molecule has 0 bridgehead atoms. The maximum absolute atomic E-state index is 10.1. The molecular weight excluding hydrogens is 202 g/mol. The molecule has 2 fully saturated rings. The molecule has 94 valence electrons. The zero-order valence-electron chi connectivity index (χ0n) is 10.4. The molecule has 1 heterocycles. The highest BCUT2D eigenvalue weighted by Gasteiger charge is 2.32. The molecule has 3 heteroatoms. The van der Waals surface area contributed by atoms with Crippen LogP contribution in [0.1, 0.15) is 45.4 Å². The summed E-state index contributed by atoms with van der Waals surface area (Å²) in [6, 6.07) is 0.400. The lowest BCUT2D eigenvalue weighted by atomic mass is 9.90. The Morgan fingerprint density at radius 3 is 2.75 bits per heavy atom. The molecule has 1 aliphatic carbocycles. The first-order chi connectivity index (χ1) is 7.81. The molecule has 2 aliphatic rings. The van der Waals surface area contributed by atoms with Crippen LogP contribution >= 0.6 is 0 Å². The second kappa shape index (κ2) is 5.99. The van der Waals surface area contributed by atoms with Crippen LogP contribution in [0.25, 0.3) is 0 Å². The first kappa shape index (κ1) is 12.3. The highest BCUT2D eigenvalue weighted by Crippen LogP contribution is 2.26. The van der Waals surface area contributed by atoms with E-state index in [0.717, 1.165) is 26.1 Å². The summed E-state index contributed by atoms with van der Waals surface area (Å²) in [4.78, 5) is 2.47. The summed E-state index contributed by atoms with van der Waals surface area (Å²) in [5.74, 6) is 0. The van der Waals surface area contributed by atoms with Crippen molar-refractivity contribution in [1.82, 2.24) is 4.90 Å². The predicted octanol–water partition coefficient (Wildman–Crippen LogP) is 1.79. The van der Waals surface area contributed by atoms with Gasteiger partial charge in [-0.05, 0) is 39.2 Å². The molecule has 16 heavy (non-hydrogen) atoms. The molecule has 2 rings (SSSR count). The van der Waals surface area contributed by atoms with Gasteiger partial charge in [0.05, 0.1) is 12.2 Å². The molecule has 1 N–H and O–H groups in total. The molecule has 0 aromatic heterocycles. The van der Waals surface area contributed by atoms with E-state index < -0.39 is 0 Å². The van der Waals surface area contributed by atoms with Crippen LogP contribution in [0.3, 0.4) is 0 Å². The molecule has 1 saturated heterocycles. The van der Waals surface area contributed by atoms with E-state index in [0.29, 0.717) is 12.1 Å². The van der Waals surface area contributed by atoms with Gasteiger partial charge in [0.25, 0.3) is 0 Å². The quantitative estimate of drug-likeness (QED) is 0.798. The van der Waals surface area contributed by atoms with Crippen LogP contribution in [0.2, 0.25) is 0 Å². The second-order valence-electron chi connectivity index (χ2n) is 5.13. The minimum Gasteiger partial charge on any atom is -0.391 e. The number of ether oxygens (including phenoxy) is 1. The van der Waals surface area contributed by atoms with Gasteiger partial charge in [0.2, 0.25) is 0 Å². The Balaban J connectivity index is 1.87. The third kappa shape index (κ3) is 2.96. The maximum atomic E-state index is 10.1. The number of likely N-dealkylation sites (tertiary alicyclic amines) is 1. The first-order valence-corrected chi connectivity index (χ1v) is 6.85. The van der Waals surface area contributed by atoms with E-state index >= 15 is 0 Å². The van der Waals surface area contributed by atoms with Gasteiger partial charge in [-0.2, -0.15) is 0 Å². The number of aliphatic hydroxyl groups is 1. The third-order valence-corrected chi connectivity index (χ3v) is 3.97. The Morgan fingerprint density at radius 2 is 2.00 bits per heavy atom. The highest BCUT2D eigenvalue weighted by atomic mass is 16.5. The number of hydrogen-bond acceptors (Lipinski definition) is 3. The van der Waals surface area contributed by atoms with Crippen LogP contribution in [-0.2, 0) is 4.74 Å². The molecule has 3 atom stereocenters. The van der Waals surface area contributed by atoms with Crippen molar-refractivity contribution in [1.29, 1.82) is 0 Å². The minimum atomic E-state index is -0.103. The van der Waals surface area contributed by atoms with Gasteiger partial charge in [-0.25, -0.2) is 0 Å². The first-order valence-electron chi connectivity index (χ1n) is 6.85. The second-order valence-corrected chi connectivity index (χ2v) is 5.13. The van der Waals surface area contributed by atoms with Crippen molar-refractivity contribution in [3.05, 3.63) is 0 Å². The Labute approximate surface area is 98.8 Å². The Bertz CT molecular complexity index is 208. The van der Waals surface area contributed by atoms with Crippen LogP contribution in [-0.4, -0.2) is 48.0 Å². The summed E-state index contributed by atoms with van der Waals surface area (Å²) in [7, 11) is 0. The van der Waals surface area contributed by atoms with Crippen molar-refractivity contribution >= 4 is 0 Å². The van der Waals surface area contributed by atoms with Crippen LogP contribution in [0, 0.1) is 0 Å². The Hall–Kier alpha value is -0.120. The van der Waals surface area contributed by atoms with E-state index in [1.54, 1.807) is 0 Å². The monoisotopic (exact) mass is 227 g/mol. The maximum Gasteiger partial charge on any atom is 0.0702 e. The lowest BCUT2D eigenvalue weighted by molar-refractivity contribution is -0.0435. The van der Waals surface area contributed by atoms with E-state index in [1.807, 2.05) is 0 Å². The van der Waals surface area contributed by atoms with Gasteiger partial charge in [0, 0.05) is 19.2 Å². The van der Waals surface area contributed by atoms with Crippen LogP contribution in [0.15, 0.2) is 0 Å². The average Bonchev–Trinajstić information content (AvgIpc) is 2.30. The highest BCUT2D eigenvalue weighted by molar-refractivity contribution is 4.86. The molecule has 0 aromatic rings. The molecule has 0 radical (unpaired) electrons. The lowest BCUT2D eigenvalue weighted by Gasteiger charge is -2.42.